The maximum Gasteiger partial charge on any atom is 0.348 e. The summed E-state index contributed by atoms with van der Waals surface area (Å²) in [5, 5.41) is 10.1. The zero-order valence-corrected chi connectivity index (χ0v) is 11.9. The van der Waals surface area contributed by atoms with E-state index in [1.165, 1.54) is 5.57 Å². The summed E-state index contributed by atoms with van der Waals surface area (Å²) >= 11 is 0. The Morgan fingerprint density at radius 3 is 2.55 bits per heavy atom. The number of nitrogens with zero attached hydrogens (tertiary/aromatic N) is 2. The highest BCUT2D eigenvalue weighted by molar-refractivity contribution is 5.84. The molecule has 22 heavy (non-hydrogen) atoms. The van der Waals surface area contributed by atoms with Crippen LogP contribution in [0.4, 0.5) is 0 Å². The monoisotopic (exact) mass is 297 g/mol. The lowest BCUT2D eigenvalue weighted by Crippen LogP contribution is -2.39. The first-order chi connectivity index (χ1) is 10.6. The molecule has 0 fully saturated rings. The number of rotatable bonds is 1. The van der Waals surface area contributed by atoms with Gasteiger partial charge in [0.2, 0.25) is 0 Å². The van der Waals surface area contributed by atoms with Gasteiger partial charge in [0.1, 0.15) is 5.69 Å². The third kappa shape index (κ3) is 1.80. The molecule has 2 aliphatic carbocycles. The number of hydrogen-bond acceptors (Lipinski definition) is 3. The predicted molar refractivity (Wildman–Crippen MR) is 81.7 cm³/mol. The summed E-state index contributed by atoms with van der Waals surface area (Å²) in [6.07, 6.45) is 9.23. The van der Waals surface area contributed by atoms with Crippen molar-refractivity contribution in [3.63, 3.8) is 0 Å². The topological polar surface area (TPSA) is 80.0 Å². The summed E-state index contributed by atoms with van der Waals surface area (Å²) in [5.74, 6) is 0. The molecule has 0 atom stereocenters. The van der Waals surface area contributed by atoms with Crippen molar-refractivity contribution < 1.29 is 5.21 Å². The Morgan fingerprint density at radius 1 is 1.05 bits per heavy atom. The fraction of sp³-hybridized carbons (Fsp3) is 0.250. The van der Waals surface area contributed by atoms with E-state index in [0.717, 1.165) is 30.5 Å². The molecule has 2 N–H and O–H groups in total. The van der Waals surface area contributed by atoms with Crippen molar-refractivity contribution in [2.24, 2.45) is 0 Å². The molecule has 2 aromatic heterocycles. The van der Waals surface area contributed by atoms with Crippen molar-refractivity contribution in [3.8, 4) is 0 Å². The van der Waals surface area contributed by atoms with Crippen LogP contribution in [0.25, 0.3) is 11.3 Å². The van der Waals surface area contributed by atoms with Gasteiger partial charge in [-0.2, -0.15) is 0 Å². The molecular weight excluding hydrogens is 282 g/mol. The lowest BCUT2D eigenvalue weighted by Gasteiger charge is -2.26. The van der Waals surface area contributed by atoms with E-state index in [9.17, 15) is 14.8 Å². The maximum absolute atomic E-state index is 11.7. The molecule has 2 aromatic rings. The largest absolute Gasteiger partial charge is 0.425 e. The molecular formula is C16H15N3O3. The Kier molecular flexibility index (Phi) is 2.72. The SMILES string of the molecule is O=c1[nH]c2c(n(O)c1=O)C1=C(CCC(n3cccc3)=C1)CC2. The van der Waals surface area contributed by atoms with E-state index < -0.39 is 11.1 Å². The number of allylic oxidation sites excluding steroid dienone is 4. The number of fused-ring (bicyclic) bond motifs is 2. The molecule has 0 spiro atoms. The van der Waals surface area contributed by atoms with Crippen LogP contribution in [-0.2, 0) is 6.42 Å². The molecule has 6 heteroatoms. The van der Waals surface area contributed by atoms with E-state index in [4.69, 9.17) is 0 Å². The van der Waals surface area contributed by atoms with Crippen LogP contribution in [0.15, 0.2) is 45.8 Å². The molecule has 112 valence electrons. The number of aryl methyl sites for hydroxylation is 1. The first-order valence-electron chi connectivity index (χ1n) is 7.29. The van der Waals surface area contributed by atoms with Crippen molar-refractivity contribution >= 4 is 11.3 Å². The third-order valence-corrected chi connectivity index (χ3v) is 4.39. The molecule has 0 unspecified atom stereocenters. The molecule has 2 aliphatic rings. The Morgan fingerprint density at radius 2 is 1.77 bits per heavy atom. The summed E-state index contributed by atoms with van der Waals surface area (Å²) < 4.78 is 2.53. The summed E-state index contributed by atoms with van der Waals surface area (Å²) in [6, 6.07) is 3.91. The molecule has 6 nitrogen and oxygen atoms in total. The summed E-state index contributed by atoms with van der Waals surface area (Å²) in [7, 11) is 0. The van der Waals surface area contributed by atoms with Gasteiger partial charge in [0, 0.05) is 29.4 Å². The molecule has 0 bridgehead atoms. The van der Waals surface area contributed by atoms with Gasteiger partial charge in [-0.05, 0) is 43.9 Å². The van der Waals surface area contributed by atoms with Gasteiger partial charge in [-0.1, -0.05) is 5.57 Å². The summed E-state index contributed by atoms with van der Waals surface area (Å²) in [5.41, 5.74) is 2.51. The van der Waals surface area contributed by atoms with Gasteiger partial charge in [-0.15, -0.1) is 4.73 Å². The molecule has 0 saturated heterocycles. The van der Waals surface area contributed by atoms with Crippen molar-refractivity contribution in [2.45, 2.75) is 25.7 Å². The van der Waals surface area contributed by atoms with Crippen LogP contribution in [0.2, 0.25) is 0 Å². The Hall–Kier alpha value is -2.76. The molecule has 0 aromatic carbocycles. The van der Waals surface area contributed by atoms with Gasteiger partial charge in [-0.3, -0.25) is 9.59 Å². The van der Waals surface area contributed by atoms with Crippen molar-refractivity contribution in [3.05, 3.63) is 68.3 Å². The van der Waals surface area contributed by atoms with Gasteiger partial charge in [0.25, 0.3) is 0 Å². The van der Waals surface area contributed by atoms with Crippen LogP contribution in [0.5, 0.6) is 0 Å². The van der Waals surface area contributed by atoms with Crippen molar-refractivity contribution in [2.75, 3.05) is 0 Å². The first kappa shape index (κ1) is 12.9. The van der Waals surface area contributed by atoms with E-state index in [1.54, 1.807) is 0 Å². The second-order valence-corrected chi connectivity index (χ2v) is 5.64. The minimum atomic E-state index is -0.936. The van der Waals surface area contributed by atoms with Gasteiger partial charge >= 0.3 is 11.1 Å². The number of H-pyrrole nitrogens is 1. The Balaban J connectivity index is 1.94. The summed E-state index contributed by atoms with van der Waals surface area (Å²) in [6.45, 7) is 0. The van der Waals surface area contributed by atoms with Gasteiger partial charge in [-0.25, -0.2) is 0 Å². The number of hydrogen-bond donors (Lipinski definition) is 2. The van der Waals surface area contributed by atoms with E-state index in [2.05, 4.69) is 4.98 Å². The highest BCUT2D eigenvalue weighted by Crippen LogP contribution is 2.38. The molecule has 0 aliphatic heterocycles. The maximum atomic E-state index is 11.7. The minimum Gasteiger partial charge on any atom is -0.425 e. The lowest BCUT2D eigenvalue weighted by atomic mass is 9.85. The second-order valence-electron chi connectivity index (χ2n) is 5.64. The molecule has 0 amide bonds. The highest BCUT2D eigenvalue weighted by atomic mass is 16.5. The smallest absolute Gasteiger partial charge is 0.348 e. The first-order valence-corrected chi connectivity index (χ1v) is 7.29. The van der Waals surface area contributed by atoms with Crippen LogP contribution in [-0.4, -0.2) is 19.5 Å². The van der Waals surface area contributed by atoms with E-state index >= 15 is 0 Å². The zero-order chi connectivity index (χ0) is 15.3. The quantitative estimate of drug-likeness (QED) is 0.620. The number of aromatic amines is 1. The fourth-order valence-electron chi connectivity index (χ4n) is 3.29. The number of nitrogens with one attached hydrogen (secondary N) is 1. The van der Waals surface area contributed by atoms with Gasteiger partial charge in [0.15, 0.2) is 0 Å². The van der Waals surface area contributed by atoms with Crippen LogP contribution >= 0.6 is 0 Å². The standard InChI is InChI=1S/C16H15N3O3/c20-15-16(21)19(22)14-12-9-11(18-7-1-2-8-18)5-3-10(12)4-6-13(14)17-15/h1-2,7-9,22H,3-6H2,(H,17,20). The average Bonchev–Trinajstić information content (AvgIpc) is 3.06. The molecule has 0 radical (unpaired) electrons. The van der Waals surface area contributed by atoms with E-state index in [1.807, 2.05) is 35.2 Å². The third-order valence-electron chi connectivity index (χ3n) is 4.39. The molecule has 0 saturated carbocycles. The lowest BCUT2D eigenvalue weighted by molar-refractivity contribution is 0.168. The fourth-order valence-corrected chi connectivity index (χ4v) is 3.29. The average molecular weight is 297 g/mol. The highest BCUT2D eigenvalue weighted by Gasteiger charge is 2.26. The van der Waals surface area contributed by atoms with Gasteiger partial charge < -0.3 is 14.8 Å². The molecule has 4 rings (SSSR count). The zero-order valence-electron chi connectivity index (χ0n) is 11.9. The summed E-state index contributed by atoms with van der Waals surface area (Å²) in [4.78, 5) is 25.9. The minimum absolute atomic E-state index is 0.426. The Bertz CT molecular complexity index is 927. The second kappa shape index (κ2) is 4.62. The van der Waals surface area contributed by atoms with Crippen LogP contribution in [0, 0.1) is 0 Å². The molecule has 2 heterocycles. The van der Waals surface area contributed by atoms with E-state index in [0.29, 0.717) is 22.5 Å². The van der Waals surface area contributed by atoms with Crippen molar-refractivity contribution in [1.82, 2.24) is 14.3 Å². The van der Waals surface area contributed by atoms with E-state index in [-0.39, 0.29) is 0 Å². The van der Waals surface area contributed by atoms with Crippen molar-refractivity contribution in [1.29, 1.82) is 0 Å². The number of aromatic nitrogens is 3. The van der Waals surface area contributed by atoms with Gasteiger partial charge in [0.05, 0.1) is 0 Å². The normalized spacial score (nSPS) is 17.0. The van der Waals surface area contributed by atoms with Crippen LogP contribution in [0.3, 0.4) is 0 Å². The Labute approximate surface area is 125 Å². The van der Waals surface area contributed by atoms with Crippen LogP contribution in [0.1, 0.15) is 30.7 Å². The predicted octanol–water partition coefficient (Wildman–Crippen LogP) is 1.61. The van der Waals surface area contributed by atoms with Crippen LogP contribution < -0.4 is 11.1 Å².